The molecule has 4 aliphatic rings. The maximum Gasteiger partial charge on any atom is 0.0622 e. The van der Waals surface area contributed by atoms with E-state index < -0.39 is 0 Å². The summed E-state index contributed by atoms with van der Waals surface area (Å²) in [5, 5.41) is 10.4. The van der Waals surface area contributed by atoms with Crippen molar-refractivity contribution in [2.75, 3.05) is 0 Å². The standard InChI is InChI=1S/C18H29BrO/c1-17(20)7-5-12-11(10-17)3-4-14-13(12)6-8-18(2)15(14)9-16(18)19/h11-16,20H,3-10H2,1-2H3/t11-,12+,13-,14-,15+,16?,17-,18+/m1/s1. The lowest BCUT2D eigenvalue weighted by atomic mass is 9.43. The van der Waals surface area contributed by atoms with Crippen LogP contribution in [0, 0.1) is 35.0 Å². The molecule has 1 nitrogen and oxygen atoms in total. The Balaban J connectivity index is 1.53. The largest absolute Gasteiger partial charge is 0.390 e. The predicted octanol–water partition coefficient (Wildman–Crippen LogP) is 4.76. The average Bonchev–Trinajstić information content (AvgIpc) is 2.40. The van der Waals surface area contributed by atoms with Crippen molar-refractivity contribution in [1.29, 1.82) is 0 Å². The van der Waals surface area contributed by atoms with Gasteiger partial charge in [-0.2, -0.15) is 0 Å². The van der Waals surface area contributed by atoms with E-state index in [1.165, 1.54) is 38.5 Å². The highest BCUT2D eigenvalue weighted by Crippen LogP contribution is 2.66. The number of rotatable bonds is 0. The van der Waals surface area contributed by atoms with Crippen molar-refractivity contribution in [2.24, 2.45) is 35.0 Å². The summed E-state index contributed by atoms with van der Waals surface area (Å²) in [5.74, 6) is 4.75. The van der Waals surface area contributed by atoms with Gasteiger partial charge in [-0.15, -0.1) is 0 Å². The summed E-state index contributed by atoms with van der Waals surface area (Å²) in [6.07, 6.45) is 10.6. The number of hydrogen-bond donors (Lipinski definition) is 1. The van der Waals surface area contributed by atoms with Gasteiger partial charge in [0.05, 0.1) is 5.60 Å². The maximum absolute atomic E-state index is 10.4. The summed E-state index contributed by atoms with van der Waals surface area (Å²) in [6, 6.07) is 0. The molecule has 114 valence electrons. The van der Waals surface area contributed by atoms with Gasteiger partial charge in [-0.25, -0.2) is 0 Å². The lowest BCUT2D eigenvalue weighted by molar-refractivity contribution is -0.129. The van der Waals surface area contributed by atoms with Crippen LogP contribution in [0.3, 0.4) is 0 Å². The fourth-order valence-electron chi connectivity index (χ4n) is 6.59. The van der Waals surface area contributed by atoms with Gasteiger partial charge in [0.25, 0.3) is 0 Å². The van der Waals surface area contributed by atoms with E-state index in [1.807, 2.05) is 0 Å². The van der Waals surface area contributed by atoms with Gasteiger partial charge in [0, 0.05) is 4.83 Å². The Morgan fingerprint density at radius 3 is 2.45 bits per heavy atom. The van der Waals surface area contributed by atoms with Gasteiger partial charge in [0.1, 0.15) is 0 Å². The van der Waals surface area contributed by atoms with Gasteiger partial charge in [-0.3, -0.25) is 0 Å². The maximum atomic E-state index is 10.4. The van der Waals surface area contributed by atoms with Crippen molar-refractivity contribution in [3.05, 3.63) is 0 Å². The second-order valence-electron chi connectivity index (χ2n) is 8.92. The zero-order valence-corrected chi connectivity index (χ0v) is 14.5. The van der Waals surface area contributed by atoms with E-state index in [-0.39, 0.29) is 5.60 Å². The summed E-state index contributed by atoms with van der Waals surface area (Å²) in [7, 11) is 0. The van der Waals surface area contributed by atoms with Crippen molar-refractivity contribution in [1.82, 2.24) is 0 Å². The monoisotopic (exact) mass is 340 g/mol. The minimum Gasteiger partial charge on any atom is -0.390 e. The summed E-state index contributed by atoms with van der Waals surface area (Å²) in [4.78, 5) is 0.783. The first-order valence-electron chi connectivity index (χ1n) is 8.77. The van der Waals surface area contributed by atoms with Crippen LogP contribution < -0.4 is 0 Å². The molecule has 1 N–H and O–H groups in total. The quantitative estimate of drug-likeness (QED) is 0.630. The molecule has 2 heteroatoms. The first kappa shape index (κ1) is 14.1. The molecule has 1 unspecified atom stereocenters. The van der Waals surface area contributed by atoms with Crippen LogP contribution in [0.25, 0.3) is 0 Å². The highest BCUT2D eigenvalue weighted by Gasteiger charge is 2.59. The predicted molar refractivity (Wildman–Crippen MR) is 85.8 cm³/mol. The minimum atomic E-state index is -0.366. The Hall–Kier alpha value is 0.440. The molecule has 0 saturated heterocycles. The smallest absolute Gasteiger partial charge is 0.0622 e. The Morgan fingerprint density at radius 1 is 0.950 bits per heavy atom. The van der Waals surface area contributed by atoms with Crippen LogP contribution in [0.5, 0.6) is 0 Å². The number of fused-ring (bicyclic) bond motifs is 5. The summed E-state index contributed by atoms with van der Waals surface area (Å²) in [6.45, 7) is 4.60. The molecule has 0 heterocycles. The topological polar surface area (TPSA) is 20.2 Å². The van der Waals surface area contributed by atoms with Crippen LogP contribution in [0.4, 0.5) is 0 Å². The fraction of sp³-hybridized carbons (Fsp3) is 1.00. The Kier molecular flexibility index (Phi) is 3.14. The number of hydrogen-bond acceptors (Lipinski definition) is 1. The fourth-order valence-corrected chi connectivity index (χ4v) is 7.57. The lowest BCUT2D eigenvalue weighted by Crippen LogP contribution is -2.59. The molecule has 0 bridgehead atoms. The van der Waals surface area contributed by atoms with Crippen LogP contribution in [0.1, 0.15) is 65.2 Å². The summed E-state index contributed by atoms with van der Waals surface area (Å²) >= 11 is 3.93. The van der Waals surface area contributed by atoms with E-state index >= 15 is 0 Å². The third-order valence-electron chi connectivity index (χ3n) is 7.85. The van der Waals surface area contributed by atoms with E-state index in [9.17, 15) is 5.11 Å². The van der Waals surface area contributed by atoms with E-state index in [1.54, 1.807) is 0 Å². The molecular weight excluding hydrogens is 312 g/mol. The summed E-state index contributed by atoms with van der Waals surface area (Å²) < 4.78 is 0. The van der Waals surface area contributed by atoms with Crippen molar-refractivity contribution >= 4 is 15.9 Å². The Morgan fingerprint density at radius 2 is 1.70 bits per heavy atom. The zero-order valence-electron chi connectivity index (χ0n) is 12.9. The molecule has 8 atom stereocenters. The van der Waals surface area contributed by atoms with E-state index in [2.05, 4.69) is 29.8 Å². The van der Waals surface area contributed by atoms with Crippen molar-refractivity contribution in [3.8, 4) is 0 Å². The third kappa shape index (κ3) is 1.89. The molecule has 4 saturated carbocycles. The van der Waals surface area contributed by atoms with Gasteiger partial charge in [-0.05, 0) is 93.3 Å². The molecule has 20 heavy (non-hydrogen) atoms. The molecule has 0 aromatic rings. The van der Waals surface area contributed by atoms with Crippen LogP contribution >= 0.6 is 15.9 Å². The molecule has 4 aliphatic carbocycles. The van der Waals surface area contributed by atoms with Gasteiger partial charge in [0.2, 0.25) is 0 Å². The summed E-state index contributed by atoms with van der Waals surface area (Å²) in [5.41, 5.74) is 0.239. The van der Waals surface area contributed by atoms with Crippen LogP contribution in [0.15, 0.2) is 0 Å². The second-order valence-corrected chi connectivity index (χ2v) is 10.0. The average molecular weight is 341 g/mol. The molecule has 0 aromatic carbocycles. The van der Waals surface area contributed by atoms with Crippen LogP contribution in [0.2, 0.25) is 0 Å². The highest BCUT2D eigenvalue weighted by molar-refractivity contribution is 9.09. The van der Waals surface area contributed by atoms with Crippen molar-refractivity contribution < 1.29 is 5.11 Å². The molecule has 0 amide bonds. The van der Waals surface area contributed by atoms with E-state index in [0.29, 0.717) is 5.41 Å². The third-order valence-corrected chi connectivity index (χ3v) is 9.27. The van der Waals surface area contributed by atoms with Gasteiger partial charge in [-0.1, -0.05) is 22.9 Å². The minimum absolute atomic E-state index is 0.366. The molecule has 0 aliphatic heterocycles. The van der Waals surface area contributed by atoms with Crippen molar-refractivity contribution in [2.45, 2.75) is 75.6 Å². The number of alkyl halides is 1. The molecule has 0 radical (unpaired) electrons. The highest BCUT2D eigenvalue weighted by atomic mass is 79.9. The van der Waals surface area contributed by atoms with Crippen molar-refractivity contribution in [3.63, 3.8) is 0 Å². The molecule has 0 spiro atoms. The van der Waals surface area contributed by atoms with Crippen LogP contribution in [-0.2, 0) is 0 Å². The molecule has 4 fully saturated rings. The van der Waals surface area contributed by atoms with Gasteiger partial charge < -0.3 is 5.11 Å². The van der Waals surface area contributed by atoms with Gasteiger partial charge in [0.15, 0.2) is 0 Å². The Bertz CT molecular complexity index is 406. The van der Waals surface area contributed by atoms with E-state index in [0.717, 1.165) is 47.3 Å². The first-order valence-corrected chi connectivity index (χ1v) is 9.69. The van der Waals surface area contributed by atoms with Crippen LogP contribution in [-0.4, -0.2) is 15.5 Å². The second kappa shape index (κ2) is 4.47. The normalized spacial score (nSPS) is 61.8. The molecular formula is C18H29BrO. The molecule has 4 rings (SSSR count). The zero-order chi connectivity index (χ0) is 14.1. The number of aliphatic hydroxyl groups is 1. The molecule has 0 aromatic heterocycles. The SMILES string of the molecule is C[C@@]1(O)CC[C@H]2[C@H](CC[C@@H]3[C@@H]2CC[C@]2(C)C(Br)C[C@@H]32)C1. The first-order chi connectivity index (χ1) is 9.41. The number of halogens is 1. The lowest BCUT2D eigenvalue weighted by Gasteiger charge is -2.64. The van der Waals surface area contributed by atoms with Gasteiger partial charge >= 0.3 is 0 Å². The van der Waals surface area contributed by atoms with E-state index in [4.69, 9.17) is 0 Å². The Labute approximate surface area is 132 Å².